The molecule has 2 aromatic rings. The van der Waals surface area contributed by atoms with Crippen molar-refractivity contribution in [3.63, 3.8) is 0 Å². The molecule has 6 heteroatoms. The number of rotatable bonds is 3. The van der Waals surface area contributed by atoms with Gasteiger partial charge < -0.3 is 15.0 Å². The van der Waals surface area contributed by atoms with E-state index in [-0.39, 0.29) is 6.10 Å². The van der Waals surface area contributed by atoms with Crippen molar-refractivity contribution >= 4 is 40.8 Å². The second kappa shape index (κ2) is 6.72. The Balaban J connectivity index is 1.95. The van der Waals surface area contributed by atoms with E-state index in [4.69, 9.17) is 16.3 Å². The molecule has 1 amide bonds. The van der Waals surface area contributed by atoms with Crippen LogP contribution in [0.25, 0.3) is 0 Å². The van der Waals surface area contributed by atoms with Crippen LogP contribution in [-0.2, 0) is 4.74 Å². The predicted octanol–water partition coefficient (Wildman–Crippen LogP) is 4.69. The number of halogens is 1. The van der Waals surface area contributed by atoms with Crippen LogP contribution in [0, 0.1) is 0 Å². The van der Waals surface area contributed by atoms with Crippen LogP contribution in [0.3, 0.4) is 0 Å². The number of carbonyl (C=O) groups is 1. The summed E-state index contributed by atoms with van der Waals surface area (Å²) in [4.78, 5) is 15.9. The lowest BCUT2D eigenvalue weighted by Crippen LogP contribution is -2.34. The maximum atomic E-state index is 11.4. The van der Waals surface area contributed by atoms with Gasteiger partial charge in [-0.3, -0.25) is 0 Å². The van der Waals surface area contributed by atoms with E-state index >= 15 is 0 Å². The summed E-state index contributed by atoms with van der Waals surface area (Å²) in [5, 5.41) is 3.16. The molecule has 1 N–H and O–H groups in total. The van der Waals surface area contributed by atoms with E-state index in [0.29, 0.717) is 11.6 Å². The Morgan fingerprint density at radius 2 is 2.00 bits per heavy atom. The van der Waals surface area contributed by atoms with Crippen molar-refractivity contribution in [2.24, 2.45) is 0 Å². The molecular formula is C17H17ClN2O2S. The van der Waals surface area contributed by atoms with Gasteiger partial charge in [0, 0.05) is 21.9 Å². The predicted molar refractivity (Wildman–Crippen MR) is 94.0 cm³/mol. The first-order valence-electron chi connectivity index (χ1n) is 7.31. The Kier molecular flexibility index (Phi) is 4.68. The Morgan fingerprint density at radius 1 is 1.26 bits per heavy atom. The lowest BCUT2D eigenvalue weighted by atomic mass is 10.2. The van der Waals surface area contributed by atoms with E-state index in [1.165, 1.54) is 4.90 Å². The second-order valence-electron chi connectivity index (χ2n) is 5.26. The number of fused-ring (bicyclic) bond motifs is 2. The van der Waals surface area contributed by atoms with Crippen molar-refractivity contribution in [3.8, 4) is 0 Å². The minimum Gasteiger partial charge on any atom is -0.445 e. The van der Waals surface area contributed by atoms with E-state index in [9.17, 15) is 4.79 Å². The summed E-state index contributed by atoms with van der Waals surface area (Å²) in [5.41, 5.74) is 2.13. The maximum Gasteiger partial charge on any atom is 0.407 e. The first-order chi connectivity index (χ1) is 11.1. The molecule has 3 rings (SSSR count). The molecule has 4 nitrogen and oxygen atoms in total. The number of amides is 1. The van der Waals surface area contributed by atoms with Crippen molar-refractivity contribution in [3.05, 3.63) is 47.5 Å². The summed E-state index contributed by atoms with van der Waals surface area (Å²) in [7, 11) is 1.55. The Hall–Kier alpha value is -1.85. The molecule has 23 heavy (non-hydrogen) atoms. The fraction of sp³-hybridized carbons (Fsp3) is 0.235. The van der Waals surface area contributed by atoms with Gasteiger partial charge in [0.1, 0.15) is 6.10 Å². The molecule has 0 bridgehead atoms. The highest BCUT2D eigenvalue weighted by Crippen LogP contribution is 2.48. The molecule has 2 aromatic carbocycles. The fourth-order valence-corrected chi connectivity index (χ4v) is 3.78. The van der Waals surface area contributed by atoms with Crippen LogP contribution in [0.15, 0.2) is 52.3 Å². The SMILES string of the molecule is CNC(=O)O[C@H](C)CN1c2ccccc2Sc2ccc(Cl)cc21. The van der Waals surface area contributed by atoms with E-state index in [1.807, 2.05) is 37.3 Å². The molecule has 0 fully saturated rings. The molecule has 0 unspecified atom stereocenters. The Bertz CT molecular complexity index is 738. The zero-order chi connectivity index (χ0) is 16.4. The van der Waals surface area contributed by atoms with Crippen LogP contribution in [0.1, 0.15) is 6.92 Å². The van der Waals surface area contributed by atoms with Crippen molar-refractivity contribution in [2.45, 2.75) is 22.8 Å². The summed E-state index contributed by atoms with van der Waals surface area (Å²) >= 11 is 7.90. The van der Waals surface area contributed by atoms with Crippen molar-refractivity contribution < 1.29 is 9.53 Å². The van der Waals surface area contributed by atoms with Gasteiger partial charge in [-0.05, 0) is 37.3 Å². The van der Waals surface area contributed by atoms with Crippen LogP contribution >= 0.6 is 23.4 Å². The van der Waals surface area contributed by atoms with Crippen LogP contribution in [0.4, 0.5) is 16.2 Å². The normalized spacial score (nSPS) is 13.8. The molecule has 0 aliphatic carbocycles. The maximum absolute atomic E-state index is 11.4. The zero-order valence-corrected chi connectivity index (χ0v) is 14.4. The summed E-state index contributed by atoms with van der Waals surface area (Å²) in [6, 6.07) is 14.1. The number of nitrogens with zero attached hydrogens (tertiary/aromatic N) is 1. The number of alkyl carbamates (subject to hydrolysis) is 1. The monoisotopic (exact) mass is 348 g/mol. The van der Waals surface area contributed by atoms with Gasteiger partial charge >= 0.3 is 6.09 Å². The van der Waals surface area contributed by atoms with Crippen molar-refractivity contribution in [1.29, 1.82) is 0 Å². The number of benzene rings is 2. The quantitative estimate of drug-likeness (QED) is 0.873. The lowest BCUT2D eigenvalue weighted by Gasteiger charge is -2.34. The minimum absolute atomic E-state index is 0.266. The van der Waals surface area contributed by atoms with Gasteiger partial charge in [-0.25, -0.2) is 4.79 Å². The molecule has 0 spiro atoms. The van der Waals surface area contributed by atoms with Crippen molar-refractivity contribution in [1.82, 2.24) is 5.32 Å². The Labute approximate surface area is 144 Å². The molecule has 1 aliphatic heterocycles. The third-order valence-electron chi connectivity index (χ3n) is 3.54. The summed E-state index contributed by atoms with van der Waals surface area (Å²) in [6.07, 6.45) is -0.693. The van der Waals surface area contributed by atoms with E-state index in [2.05, 4.69) is 22.3 Å². The molecule has 1 aliphatic rings. The number of carbonyl (C=O) groups excluding carboxylic acids is 1. The smallest absolute Gasteiger partial charge is 0.407 e. The number of anilines is 2. The van der Waals surface area contributed by atoms with Gasteiger partial charge in [-0.15, -0.1) is 0 Å². The van der Waals surface area contributed by atoms with E-state index in [1.54, 1.807) is 18.8 Å². The van der Waals surface area contributed by atoms with Crippen molar-refractivity contribution in [2.75, 3.05) is 18.5 Å². The lowest BCUT2D eigenvalue weighted by molar-refractivity contribution is 0.112. The number of ether oxygens (including phenoxy) is 1. The average Bonchev–Trinajstić information content (AvgIpc) is 2.55. The largest absolute Gasteiger partial charge is 0.445 e. The number of hydrogen-bond donors (Lipinski definition) is 1. The number of para-hydroxylation sites is 1. The fourth-order valence-electron chi connectivity index (χ4n) is 2.54. The zero-order valence-electron chi connectivity index (χ0n) is 12.9. The first-order valence-corrected chi connectivity index (χ1v) is 8.50. The summed E-state index contributed by atoms with van der Waals surface area (Å²) in [6.45, 7) is 2.43. The van der Waals surface area contributed by atoms with Crippen LogP contribution in [-0.4, -0.2) is 25.8 Å². The third-order valence-corrected chi connectivity index (χ3v) is 4.91. The highest BCUT2D eigenvalue weighted by atomic mass is 35.5. The average molecular weight is 349 g/mol. The third kappa shape index (κ3) is 3.41. The van der Waals surface area contributed by atoms with Crippen LogP contribution in [0.2, 0.25) is 5.02 Å². The van der Waals surface area contributed by atoms with Crippen LogP contribution < -0.4 is 10.2 Å². The van der Waals surface area contributed by atoms with Gasteiger partial charge in [-0.1, -0.05) is 35.5 Å². The first kappa shape index (κ1) is 16.0. The van der Waals surface area contributed by atoms with Gasteiger partial charge in [0.05, 0.1) is 17.9 Å². The van der Waals surface area contributed by atoms with Gasteiger partial charge in [0.2, 0.25) is 0 Å². The summed E-state index contributed by atoms with van der Waals surface area (Å²) in [5.74, 6) is 0. The molecule has 1 heterocycles. The highest BCUT2D eigenvalue weighted by Gasteiger charge is 2.25. The highest BCUT2D eigenvalue weighted by molar-refractivity contribution is 7.99. The molecule has 0 saturated heterocycles. The molecule has 1 atom stereocenters. The standard InChI is InChI=1S/C17H17ClN2O2S/c1-11(22-17(21)19-2)10-20-13-5-3-4-6-15(13)23-16-8-7-12(18)9-14(16)20/h3-9,11H,10H2,1-2H3,(H,19,21)/t11-/m1/s1. The number of hydrogen-bond acceptors (Lipinski definition) is 4. The summed E-state index contributed by atoms with van der Waals surface area (Å²) < 4.78 is 5.33. The van der Waals surface area contributed by atoms with Gasteiger partial charge in [0.15, 0.2) is 0 Å². The molecule has 120 valence electrons. The van der Waals surface area contributed by atoms with E-state index in [0.717, 1.165) is 16.3 Å². The molecule has 0 aromatic heterocycles. The van der Waals surface area contributed by atoms with E-state index < -0.39 is 6.09 Å². The molecular weight excluding hydrogens is 332 g/mol. The Morgan fingerprint density at radius 3 is 2.78 bits per heavy atom. The molecule has 0 saturated carbocycles. The van der Waals surface area contributed by atoms with Gasteiger partial charge in [-0.2, -0.15) is 0 Å². The topological polar surface area (TPSA) is 41.6 Å². The second-order valence-corrected chi connectivity index (χ2v) is 6.78. The van der Waals surface area contributed by atoms with Crippen LogP contribution in [0.5, 0.6) is 0 Å². The van der Waals surface area contributed by atoms with Gasteiger partial charge in [0.25, 0.3) is 0 Å². The minimum atomic E-state index is -0.427. The number of nitrogens with one attached hydrogen (secondary N) is 1. The molecule has 0 radical (unpaired) electrons.